The lowest BCUT2D eigenvalue weighted by Crippen LogP contribution is -2.35. The molecule has 0 fully saturated rings. The Bertz CT molecular complexity index is 1100. The average Bonchev–Trinajstić information content (AvgIpc) is 3.19. The van der Waals surface area contributed by atoms with E-state index in [0.717, 1.165) is 29.7 Å². The molecule has 7 heteroatoms. The quantitative estimate of drug-likeness (QED) is 0.681. The van der Waals surface area contributed by atoms with Crippen LogP contribution < -0.4 is 4.90 Å². The molecule has 0 bridgehead atoms. The molecule has 6 nitrogen and oxygen atoms in total. The van der Waals surface area contributed by atoms with Gasteiger partial charge in [-0.05, 0) is 60.4 Å². The first-order chi connectivity index (χ1) is 13.4. The third-order valence-electron chi connectivity index (χ3n) is 4.95. The summed E-state index contributed by atoms with van der Waals surface area (Å²) in [6.07, 6.45) is 6.41. The molecule has 4 rings (SSSR count). The molecular weight excluding hydrogens is 374 g/mol. The highest BCUT2D eigenvalue weighted by atomic mass is 32.2. The van der Waals surface area contributed by atoms with Crippen molar-refractivity contribution in [2.75, 3.05) is 17.7 Å². The Balaban J connectivity index is 1.57. The van der Waals surface area contributed by atoms with Gasteiger partial charge in [0.25, 0.3) is 5.91 Å². The Morgan fingerprint density at radius 1 is 1.14 bits per heavy atom. The number of aryl methyl sites for hydroxylation is 1. The number of aromatic nitrogens is 2. The van der Waals surface area contributed by atoms with Gasteiger partial charge in [-0.1, -0.05) is 12.1 Å². The number of amides is 1. The van der Waals surface area contributed by atoms with Crippen LogP contribution in [0.4, 0.5) is 5.69 Å². The summed E-state index contributed by atoms with van der Waals surface area (Å²) in [5.41, 5.74) is 3.38. The van der Waals surface area contributed by atoms with Crippen molar-refractivity contribution in [1.82, 2.24) is 9.78 Å². The zero-order valence-electron chi connectivity index (χ0n) is 15.6. The van der Waals surface area contributed by atoms with Crippen molar-refractivity contribution < 1.29 is 13.2 Å². The van der Waals surface area contributed by atoms with Gasteiger partial charge in [-0.3, -0.25) is 9.48 Å². The summed E-state index contributed by atoms with van der Waals surface area (Å²) < 4.78 is 25.5. The van der Waals surface area contributed by atoms with Crippen molar-refractivity contribution in [2.45, 2.75) is 24.3 Å². The van der Waals surface area contributed by atoms with Crippen LogP contribution in [0.3, 0.4) is 0 Å². The number of carbonyl (C=O) groups is 1. The van der Waals surface area contributed by atoms with E-state index >= 15 is 0 Å². The zero-order valence-corrected chi connectivity index (χ0v) is 16.4. The molecule has 0 saturated carbocycles. The summed E-state index contributed by atoms with van der Waals surface area (Å²) in [5, 5.41) is 4.19. The van der Waals surface area contributed by atoms with Crippen LogP contribution in [0.15, 0.2) is 65.8 Å². The molecule has 1 aliphatic heterocycles. The number of benzene rings is 2. The number of hydrogen-bond acceptors (Lipinski definition) is 4. The Morgan fingerprint density at radius 2 is 1.93 bits per heavy atom. The highest BCUT2D eigenvalue weighted by Crippen LogP contribution is 2.30. The number of nitrogens with zero attached hydrogens (tertiary/aromatic N) is 3. The fourth-order valence-corrected chi connectivity index (χ4v) is 4.18. The normalized spacial score (nSPS) is 14.0. The highest BCUT2D eigenvalue weighted by Gasteiger charge is 2.24. The van der Waals surface area contributed by atoms with E-state index in [1.54, 1.807) is 29.3 Å². The smallest absolute Gasteiger partial charge is 0.258 e. The summed E-state index contributed by atoms with van der Waals surface area (Å²) in [7, 11) is -3.26. The maximum Gasteiger partial charge on any atom is 0.258 e. The largest absolute Gasteiger partial charge is 0.308 e. The minimum Gasteiger partial charge on any atom is -0.308 e. The van der Waals surface area contributed by atoms with E-state index < -0.39 is 9.84 Å². The van der Waals surface area contributed by atoms with Crippen LogP contribution in [0.25, 0.3) is 0 Å². The van der Waals surface area contributed by atoms with Gasteiger partial charge >= 0.3 is 0 Å². The second-order valence-corrected chi connectivity index (χ2v) is 9.04. The first-order valence-corrected chi connectivity index (χ1v) is 11.0. The van der Waals surface area contributed by atoms with Crippen LogP contribution in [-0.2, 0) is 22.8 Å². The SMILES string of the molecule is CS(=O)(=O)c1ccc2c(c1)CCCN2C(=O)c1ccc(Cn2cccn2)cc1. The molecular formula is C21H21N3O3S. The van der Waals surface area contributed by atoms with Crippen molar-refractivity contribution in [3.05, 3.63) is 77.6 Å². The Kier molecular flexibility index (Phi) is 4.77. The summed E-state index contributed by atoms with van der Waals surface area (Å²) in [6, 6.07) is 14.4. The van der Waals surface area contributed by atoms with Crippen molar-refractivity contribution in [3.8, 4) is 0 Å². The van der Waals surface area contributed by atoms with Crippen LogP contribution in [0, 0.1) is 0 Å². The molecule has 0 aliphatic carbocycles. The molecule has 2 aromatic carbocycles. The number of sulfone groups is 1. The molecule has 144 valence electrons. The van der Waals surface area contributed by atoms with Crippen LogP contribution >= 0.6 is 0 Å². The molecule has 1 aliphatic rings. The molecule has 0 radical (unpaired) electrons. The first kappa shape index (κ1) is 18.4. The third-order valence-corrected chi connectivity index (χ3v) is 6.06. The molecule has 0 unspecified atom stereocenters. The summed E-state index contributed by atoms with van der Waals surface area (Å²) >= 11 is 0. The number of rotatable bonds is 4. The summed E-state index contributed by atoms with van der Waals surface area (Å²) in [6.45, 7) is 1.28. The van der Waals surface area contributed by atoms with E-state index in [9.17, 15) is 13.2 Å². The molecule has 28 heavy (non-hydrogen) atoms. The van der Waals surface area contributed by atoms with Gasteiger partial charge in [-0.2, -0.15) is 5.10 Å². The lowest BCUT2D eigenvalue weighted by atomic mass is 10.0. The molecule has 0 saturated heterocycles. The molecule has 1 amide bonds. The molecule has 1 aromatic heterocycles. The average molecular weight is 395 g/mol. The molecule has 3 aromatic rings. The standard InChI is InChI=1S/C21H21N3O3S/c1-28(26,27)19-9-10-20-18(14-19)4-2-13-24(20)21(25)17-7-5-16(6-8-17)15-23-12-3-11-22-23/h3,5-12,14H,2,4,13,15H2,1H3. The first-order valence-electron chi connectivity index (χ1n) is 9.13. The van der Waals surface area contributed by atoms with Gasteiger partial charge < -0.3 is 4.90 Å². The van der Waals surface area contributed by atoms with E-state index in [4.69, 9.17) is 0 Å². The van der Waals surface area contributed by atoms with Crippen molar-refractivity contribution >= 4 is 21.4 Å². The van der Waals surface area contributed by atoms with Gasteiger partial charge in [0.15, 0.2) is 9.84 Å². The number of anilines is 1. The molecule has 0 atom stereocenters. The predicted molar refractivity (Wildman–Crippen MR) is 107 cm³/mol. The van der Waals surface area contributed by atoms with Gasteiger partial charge in [-0.15, -0.1) is 0 Å². The molecule has 2 heterocycles. The third kappa shape index (κ3) is 3.71. The Hall–Kier alpha value is -2.93. The van der Waals surface area contributed by atoms with Gasteiger partial charge in [0.2, 0.25) is 0 Å². The minimum absolute atomic E-state index is 0.0707. The number of carbonyl (C=O) groups excluding carboxylic acids is 1. The van der Waals surface area contributed by atoms with Crippen molar-refractivity contribution in [2.24, 2.45) is 0 Å². The Labute approximate surface area is 164 Å². The topological polar surface area (TPSA) is 72.3 Å². The van der Waals surface area contributed by atoms with E-state index in [1.165, 1.54) is 6.26 Å². The second kappa shape index (κ2) is 7.24. The van der Waals surface area contributed by atoms with Gasteiger partial charge in [0, 0.05) is 36.4 Å². The van der Waals surface area contributed by atoms with Crippen LogP contribution in [-0.4, -0.2) is 36.9 Å². The minimum atomic E-state index is -3.26. The van der Waals surface area contributed by atoms with Gasteiger partial charge in [0.1, 0.15) is 0 Å². The Morgan fingerprint density at radius 3 is 2.61 bits per heavy atom. The van der Waals surface area contributed by atoms with Crippen LogP contribution in [0.5, 0.6) is 0 Å². The van der Waals surface area contributed by atoms with E-state index in [1.807, 2.05) is 41.2 Å². The highest BCUT2D eigenvalue weighted by molar-refractivity contribution is 7.90. The molecule has 0 N–H and O–H groups in total. The molecule has 0 spiro atoms. The van der Waals surface area contributed by atoms with Crippen LogP contribution in [0.1, 0.15) is 27.9 Å². The van der Waals surface area contributed by atoms with Crippen molar-refractivity contribution in [3.63, 3.8) is 0 Å². The lowest BCUT2D eigenvalue weighted by molar-refractivity contribution is 0.0985. The van der Waals surface area contributed by atoms with Crippen LogP contribution in [0.2, 0.25) is 0 Å². The summed E-state index contributed by atoms with van der Waals surface area (Å²) in [4.78, 5) is 15.1. The second-order valence-electron chi connectivity index (χ2n) is 7.02. The lowest BCUT2D eigenvalue weighted by Gasteiger charge is -2.30. The zero-order chi connectivity index (χ0) is 19.7. The van der Waals surface area contributed by atoms with E-state index in [2.05, 4.69) is 5.10 Å². The van der Waals surface area contributed by atoms with Gasteiger partial charge in [-0.25, -0.2) is 8.42 Å². The fraction of sp³-hybridized carbons (Fsp3) is 0.238. The number of hydrogen-bond donors (Lipinski definition) is 0. The van der Waals surface area contributed by atoms with Gasteiger partial charge in [0.05, 0.1) is 11.4 Å². The maximum atomic E-state index is 13.1. The van der Waals surface area contributed by atoms with E-state index in [0.29, 0.717) is 23.5 Å². The van der Waals surface area contributed by atoms with E-state index in [-0.39, 0.29) is 5.91 Å². The number of fused-ring (bicyclic) bond motifs is 1. The monoisotopic (exact) mass is 395 g/mol. The predicted octanol–water partition coefficient (Wildman–Crippen LogP) is 2.93. The van der Waals surface area contributed by atoms with Crippen molar-refractivity contribution in [1.29, 1.82) is 0 Å². The maximum absolute atomic E-state index is 13.1. The fourth-order valence-electron chi connectivity index (χ4n) is 3.50. The summed E-state index contributed by atoms with van der Waals surface area (Å²) in [5.74, 6) is -0.0707.